The number of ether oxygens (including phenoxy) is 1. The second-order valence-corrected chi connectivity index (χ2v) is 5.67. The van der Waals surface area contributed by atoms with E-state index in [0.717, 1.165) is 11.3 Å². The highest BCUT2D eigenvalue weighted by molar-refractivity contribution is 6.04. The van der Waals surface area contributed by atoms with Crippen LogP contribution in [0, 0.1) is 5.82 Å². The molecule has 3 aromatic rings. The van der Waals surface area contributed by atoms with Gasteiger partial charge in [0.15, 0.2) is 0 Å². The number of carbonyl (C=O) groups excluding carboxylic acids is 1. The number of amides is 1. The van der Waals surface area contributed by atoms with Gasteiger partial charge in [0.1, 0.15) is 11.6 Å². The Balaban J connectivity index is 1.81. The summed E-state index contributed by atoms with van der Waals surface area (Å²) in [5.41, 5.74) is 1.01. The molecular formula is C20H17FN2O3. The van der Waals surface area contributed by atoms with Crippen molar-refractivity contribution >= 4 is 11.6 Å². The largest absolute Gasteiger partial charge is 0.497 e. The van der Waals surface area contributed by atoms with Gasteiger partial charge < -0.3 is 14.6 Å². The molecule has 5 nitrogen and oxygen atoms in total. The number of pyridine rings is 1. The molecule has 0 aliphatic heterocycles. The van der Waals surface area contributed by atoms with Gasteiger partial charge in [0, 0.05) is 12.3 Å². The van der Waals surface area contributed by atoms with Crippen molar-refractivity contribution in [3.63, 3.8) is 0 Å². The zero-order valence-electron chi connectivity index (χ0n) is 14.1. The summed E-state index contributed by atoms with van der Waals surface area (Å²) < 4.78 is 20.2. The molecule has 0 unspecified atom stereocenters. The van der Waals surface area contributed by atoms with E-state index in [0.29, 0.717) is 6.54 Å². The number of halogens is 1. The van der Waals surface area contributed by atoms with Crippen LogP contribution in [-0.2, 0) is 6.54 Å². The lowest BCUT2D eigenvalue weighted by Crippen LogP contribution is -2.22. The Morgan fingerprint density at radius 1 is 1.08 bits per heavy atom. The summed E-state index contributed by atoms with van der Waals surface area (Å²) in [5.74, 6) is -0.287. The third kappa shape index (κ3) is 3.97. The number of aromatic nitrogens is 1. The van der Waals surface area contributed by atoms with Crippen molar-refractivity contribution < 1.29 is 13.9 Å². The van der Waals surface area contributed by atoms with E-state index in [1.54, 1.807) is 31.4 Å². The molecule has 0 aliphatic rings. The Hall–Kier alpha value is -3.41. The minimum atomic E-state index is -0.521. The summed E-state index contributed by atoms with van der Waals surface area (Å²) in [7, 11) is 1.58. The molecule has 1 heterocycles. The Morgan fingerprint density at radius 3 is 2.50 bits per heavy atom. The van der Waals surface area contributed by atoms with Gasteiger partial charge in [0.25, 0.3) is 11.5 Å². The molecule has 132 valence electrons. The Labute approximate surface area is 149 Å². The molecule has 0 radical (unpaired) electrons. The average Bonchev–Trinajstić information content (AvgIpc) is 2.66. The molecule has 2 aromatic carbocycles. The van der Waals surface area contributed by atoms with Gasteiger partial charge >= 0.3 is 0 Å². The molecule has 0 saturated carbocycles. The number of hydrogen-bond acceptors (Lipinski definition) is 3. The van der Waals surface area contributed by atoms with Crippen LogP contribution in [0.3, 0.4) is 0 Å². The fraction of sp³-hybridized carbons (Fsp3) is 0.100. The Kier molecular flexibility index (Phi) is 5.12. The molecule has 0 aliphatic carbocycles. The first-order valence-electron chi connectivity index (χ1n) is 7.96. The lowest BCUT2D eigenvalue weighted by Gasteiger charge is -2.10. The van der Waals surface area contributed by atoms with Crippen molar-refractivity contribution in [1.29, 1.82) is 0 Å². The number of para-hydroxylation sites is 1. The summed E-state index contributed by atoms with van der Waals surface area (Å²) in [6.07, 6.45) is 1.46. The van der Waals surface area contributed by atoms with Crippen LogP contribution in [0.15, 0.2) is 71.7 Å². The normalized spacial score (nSPS) is 10.4. The second-order valence-electron chi connectivity index (χ2n) is 5.67. The van der Waals surface area contributed by atoms with E-state index in [1.165, 1.54) is 35.0 Å². The van der Waals surface area contributed by atoms with E-state index in [9.17, 15) is 14.0 Å². The van der Waals surface area contributed by atoms with E-state index < -0.39 is 11.7 Å². The van der Waals surface area contributed by atoms with Crippen LogP contribution in [0.4, 0.5) is 10.1 Å². The van der Waals surface area contributed by atoms with Crippen molar-refractivity contribution in [2.24, 2.45) is 0 Å². The maximum atomic E-state index is 13.7. The number of hydrogen-bond donors (Lipinski definition) is 1. The zero-order valence-corrected chi connectivity index (χ0v) is 14.1. The van der Waals surface area contributed by atoms with E-state index in [-0.39, 0.29) is 16.8 Å². The smallest absolute Gasteiger partial charge is 0.257 e. The summed E-state index contributed by atoms with van der Waals surface area (Å²) in [6, 6.07) is 15.9. The molecule has 26 heavy (non-hydrogen) atoms. The third-order valence-electron chi connectivity index (χ3n) is 3.88. The van der Waals surface area contributed by atoms with E-state index in [4.69, 9.17) is 4.74 Å². The highest BCUT2D eigenvalue weighted by Gasteiger charge is 2.10. The highest BCUT2D eigenvalue weighted by Crippen LogP contribution is 2.14. The van der Waals surface area contributed by atoms with Gasteiger partial charge in [-0.25, -0.2) is 4.39 Å². The van der Waals surface area contributed by atoms with Gasteiger partial charge in [-0.15, -0.1) is 0 Å². The van der Waals surface area contributed by atoms with E-state index in [2.05, 4.69) is 5.32 Å². The first kappa shape index (κ1) is 17.4. The number of carbonyl (C=O) groups is 1. The maximum absolute atomic E-state index is 13.7. The van der Waals surface area contributed by atoms with Crippen LogP contribution in [0.1, 0.15) is 15.9 Å². The fourth-order valence-corrected chi connectivity index (χ4v) is 2.47. The van der Waals surface area contributed by atoms with Crippen molar-refractivity contribution in [2.75, 3.05) is 12.4 Å². The molecule has 1 amide bonds. The minimum absolute atomic E-state index is 0.0883. The van der Waals surface area contributed by atoms with Crippen LogP contribution in [0.25, 0.3) is 0 Å². The zero-order chi connectivity index (χ0) is 18.5. The Morgan fingerprint density at radius 2 is 1.81 bits per heavy atom. The topological polar surface area (TPSA) is 60.3 Å². The van der Waals surface area contributed by atoms with Crippen LogP contribution >= 0.6 is 0 Å². The number of methoxy groups -OCH3 is 1. The summed E-state index contributed by atoms with van der Waals surface area (Å²) >= 11 is 0. The predicted octanol–water partition coefficient (Wildman–Crippen LogP) is 3.30. The Bertz CT molecular complexity index is 981. The van der Waals surface area contributed by atoms with Crippen LogP contribution < -0.4 is 15.6 Å². The molecule has 1 N–H and O–H groups in total. The van der Waals surface area contributed by atoms with Crippen molar-refractivity contribution in [3.05, 3.63) is 94.2 Å². The third-order valence-corrected chi connectivity index (χ3v) is 3.88. The molecule has 0 atom stereocenters. The molecule has 3 rings (SSSR count). The van der Waals surface area contributed by atoms with E-state index >= 15 is 0 Å². The average molecular weight is 352 g/mol. The number of nitrogens with zero attached hydrogens (tertiary/aromatic N) is 1. The number of nitrogens with one attached hydrogen (secondary N) is 1. The van der Waals surface area contributed by atoms with Gasteiger partial charge in [0.2, 0.25) is 0 Å². The van der Waals surface area contributed by atoms with Gasteiger partial charge in [-0.3, -0.25) is 9.59 Å². The van der Waals surface area contributed by atoms with Gasteiger partial charge in [-0.2, -0.15) is 0 Å². The first-order chi connectivity index (χ1) is 12.6. The minimum Gasteiger partial charge on any atom is -0.497 e. The quantitative estimate of drug-likeness (QED) is 0.766. The number of benzene rings is 2. The van der Waals surface area contributed by atoms with Gasteiger partial charge in [-0.05, 0) is 35.9 Å². The van der Waals surface area contributed by atoms with Crippen LogP contribution in [0.5, 0.6) is 5.75 Å². The molecule has 6 heteroatoms. The van der Waals surface area contributed by atoms with E-state index in [1.807, 2.05) is 12.1 Å². The van der Waals surface area contributed by atoms with Crippen molar-refractivity contribution in [3.8, 4) is 5.75 Å². The summed E-state index contributed by atoms with van der Waals surface area (Å²) in [4.78, 5) is 24.4. The van der Waals surface area contributed by atoms with Crippen molar-refractivity contribution in [2.45, 2.75) is 6.54 Å². The number of anilines is 1. The second kappa shape index (κ2) is 7.65. The SMILES string of the molecule is COc1ccc(Cn2cc(C(=O)Nc3ccccc3F)ccc2=O)cc1. The predicted molar refractivity (Wildman–Crippen MR) is 97.2 cm³/mol. The molecule has 0 bridgehead atoms. The molecule has 0 fully saturated rings. The molecule has 1 aromatic heterocycles. The highest BCUT2D eigenvalue weighted by atomic mass is 19.1. The lowest BCUT2D eigenvalue weighted by molar-refractivity contribution is 0.102. The fourth-order valence-electron chi connectivity index (χ4n) is 2.47. The van der Waals surface area contributed by atoms with Crippen LogP contribution in [-0.4, -0.2) is 17.6 Å². The molecule has 0 spiro atoms. The molecular weight excluding hydrogens is 335 g/mol. The lowest BCUT2D eigenvalue weighted by atomic mass is 10.2. The van der Waals surface area contributed by atoms with Gasteiger partial charge in [-0.1, -0.05) is 24.3 Å². The van der Waals surface area contributed by atoms with Gasteiger partial charge in [0.05, 0.1) is 24.9 Å². The maximum Gasteiger partial charge on any atom is 0.257 e. The number of rotatable bonds is 5. The first-order valence-corrected chi connectivity index (χ1v) is 7.96. The van der Waals surface area contributed by atoms with Crippen LogP contribution in [0.2, 0.25) is 0 Å². The standard InChI is InChI=1S/C20H17FN2O3/c1-26-16-9-6-14(7-10-16)12-23-13-15(8-11-19(23)24)20(25)22-18-5-3-2-4-17(18)21/h2-11,13H,12H2,1H3,(H,22,25). The summed E-state index contributed by atoms with van der Waals surface area (Å²) in [6.45, 7) is 0.309. The van der Waals surface area contributed by atoms with Crippen molar-refractivity contribution in [1.82, 2.24) is 4.57 Å². The monoisotopic (exact) mass is 352 g/mol. The summed E-state index contributed by atoms with van der Waals surface area (Å²) in [5, 5.41) is 2.51. The molecule has 0 saturated heterocycles.